The highest BCUT2D eigenvalue weighted by Crippen LogP contribution is 2.38. The van der Waals surface area contributed by atoms with E-state index >= 15 is 0 Å². The first kappa shape index (κ1) is 23.3. The number of methoxy groups -OCH3 is 1. The van der Waals surface area contributed by atoms with Crippen molar-refractivity contribution in [3.63, 3.8) is 0 Å². The molecule has 9 nitrogen and oxygen atoms in total. The van der Waals surface area contributed by atoms with Crippen LogP contribution < -0.4 is 26.1 Å². The second-order valence-corrected chi connectivity index (χ2v) is 8.48. The normalized spacial score (nSPS) is 14.8. The lowest BCUT2D eigenvalue weighted by molar-refractivity contribution is -0.120. The average molecular weight is 485 g/mol. The van der Waals surface area contributed by atoms with Crippen molar-refractivity contribution < 1.29 is 23.5 Å². The molecular weight excluding hydrogens is 463 g/mol. The number of carbonyl (C=O) groups is 2. The van der Waals surface area contributed by atoms with Crippen LogP contribution in [-0.4, -0.2) is 35.5 Å². The minimum absolute atomic E-state index is 0.0461. The third-order valence-electron chi connectivity index (χ3n) is 5.18. The molecule has 0 aliphatic carbocycles. The van der Waals surface area contributed by atoms with Crippen molar-refractivity contribution in [2.45, 2.75) is 23.2 Å². The van der Waals surface area contributed by atoms with Crippen molar-refractivity contribution in [1.82, 2.24) is 9.97 Å². The molecule has 0 bridgehead atoms. The fourth-order valence-electron chi connectivity index (χ4n) is 3.61. The summed E-state index contributed by atoms with van der Waals surface area (Å²) in [5.74, 6) is -0.495. The predicted molar refractivity (Wildman–Crippen MR) is 124 cm³/mol. The molecule has 1 aliphatic rings. The number of halogens is 1. The number of thioether (sulfide) groups is 1. The molecular formula is C23H21FN4O5S. The lowest BCUT2D eigenvalue weighted by atomic mass is 9.86. The maximum atomic E-state index is 13.1. The molecule has 34 heavy (non-hydrogen) atoms. The summed E-state index contributed by atoms with van der Waals surface area (Å²) in [5, 5.41) is 3.01. The summed E-state index contributed by atoms with van der Waals surface area (Å²) < 4.78 is 23.8. The van der Waals surface area contributed by atoms with Gasteiger partial charge < -0.3 is 25.5 Å². The van der Waals surface area contributed by atoms with Crippen molar-refractivity contribution in [2.24, 2.45) is 5.73 Å². The van der Waals surface area contributed by atoms with Crippen LogP contribution in [0.3, 0.4) is 0 Å². The Morgan fingerprint density at radius 2 is 1.97 bits per heavy atom. The zero-order chi connectivity index (χ0) is 24.2. The van der Waals surface area contributed by atoms with Gasteiger partial charge in [0.1, 0.15) is 11.6 Å². The highest BCUT2D eigenvalue weighted by atomic mass is 32.2. The second kappa shape index (κ2) is 9.96. The number of aromatic nitrogens is 2. The molecule has 0 unspecified atom stereocenters. The molecule has 0 fully saturated rings. The summed E-state index contributed by atoms with van der Waals surface area (Å²) in [4.78, 5) is 43.7. The average Bonchev–Trinajstić information content (AvgIpc) is 2.81. The molecule has 11 heteroatoms. The van der Waals surface area contributed by atoms with Crippen molar-refractivity contribution in [1.29, 1.82) is 0 Å². The molecule has 2 heterocycles. The van der Waals surface area contributed by atoms with Gasteiger partial charge in [0.15, 0.2) is 23.3 Å². The Morgan fingerprint density at radius 3 is 2.68 bits per heavy atom. The Hall–Kier alpha value is -3.86. The third-order valence-corrected chi connectivity index (χ3v) is 6.12. The standard InChI is InChI=1S/C23H21FN4O5S/c1-32-17-8-13(4-7-16(17)33-10-18(25)29)15-9-19(30)26-21-20(15)22(31)28-23(27-21)34-11-12-2-5-14(24)6-3-12/h2-8,15H,9-11H2,1H3,(H2,25,29)(H2,26,27,28,30,31)/t15-/m1/s1. The van der Waals surface area contributed by atoms with Gasteiger partial charge in [-0.2, -0.15) is 0 Å². The Morgan fingerprint density at radius 1 is 1.21 bits per heavy atom. The molecule has 0 saturated carbocycles. The largest absolute Gasteiger partial charge is 0.493 e. The van der Waals surface area contributed by atoms with Crippen LogP contribution in [0.25, 0.3) is 0 Å². The molecule has 1 aliphatic heterocycles. The maximum absolute atomic E-state index is 13.1. The summed E-state index contributed by atoms with van der Waals surface area (Å²) in [7, 11) is 1.44. The van der Waals surface area contributed by atoms with E-state index in [2.05, 4.69) is 15.3 Å². The van der Waals surface area contributed by atoms with Gasteiger partial charge in [0.05, 0.1) is 12.7 Å². The number of fused-ring (bicyclic) bond motifs is 1. The molecule has 176 valence electrons. The zero-order valence-corrected chi connectivity index (χ0v) is 18.9. The number of amides is 2. The van der Waals surface area contributed by atoms with Crippen molar-refractivity contribution in [2.75, 3.05) is 19.0 Å². The molecule has 4 rings (SSSR count). The van der Waals surface area contributed by atoms with Gasteiger partial charge in [-0.25, -0.2) is 9.37 Å². The number of hydrogen-bond donors (Lipinski definition) is 3. The maximum Gasteiger partial charge on any atom is 0.257 e. The van der Waals surface area contributed by atoms with Gasteiger partial charge in [-0.05, 0) is 35.4 Å². The van der Waals surface area contributed by atoms with E-state index in [1.54, 1.807) is 30.3 Å². The van der Waals surface area contributed by atoms with Crippen LogP contribution in [0.2, 0.25) is 0 Å². The number of nitrogens with zero attached hydrogens (tertiary/aromatic N) is 1. The molecule has 0 spiro atoms. The van der Waals surface area contributed by atoms with Gasteiger partial charge in [-0.1, -0.05) is 30.0 Å². The van der Waals surface area contributed by atoms with Crippen LogP contribution in [0.1, 0.15) is 29.0 Å². The van der Waals surface area contributed by atoms with Crippen LogP contribution in [0, 0.1) is 5.82 Å². The van der Waals surface area contributed by atoms with E-state index in [0.29, 0.717) is 33.5 Å². The second-order valence-electron chi connectivity index (χ2n) is 7.52. The number of anilines is 1. The van der Waals surface area contributed by atoms with Gasteiger partial charge in [-0.3, -0.25) is 14.4 Å². The Kier molecular flexibility index (Phi) is 6.82. The van der Waals surface area contributed by atoms with Crippen molar-refractivity contribution in [3.05, 3.63) is 75.3 Å². The van der Waals surface area contributed by atoms with Gasteiger partial charge in [-0.15, -0.1) is 0 Å². The van der Waals surface area contributed by atoms with Crippen molar-refractivity contribution in [3.8, 4) is 11.5 Å². The number of aromatic amines is 1. The van der Waals surface area contributed by atoms with E-state index < -0.39 is 11.8 Å². The first-order chi connectivity index (χ1) is 16.3. The number of H-pyrrole nitrogens is 1. The number of ether oxygens (including phenoxy) is 2. The molecule has 0 radical (unpaired) electrons. The lowest BCUT2D eigenvalue weighted by Gasteiger charge is -2.25. The Balaban J connectivity index is 1.62. The Labute approximate surface area is 197 Å². The van der Waals surface area contributed by atoms with Gasteiger partial charge in [0.2, 0.25) is 5.91 Å². The number of hydrogen-bond acceptors (Lipinski definition) is 7. The van der Waals surface area contributed by atoms with E-state index in [4.69, 9.17) is 15.2 Å². The van der Waals surface area contributed by atoms with Gasteiger partial charge in [0, 0.05) is 18.1 Å². The molecule has 3 aromatic rings. The van der Waals surface area contributed by atoms with Crippen LogP contribution >= 0.6 is 11.8 Å². The van der Waals surface area contributed by atoms with E-state index in [0.717, 1.165) is 5.56 Å². The monoisotopic (exact) mass is 484 g/mol. The van der Waals surface area contributed by atoms with E-state index in [1.807, 2.05) is 0 Å². The SMILES string of the molecule is COc1cc([C@H]2CC(=O)Nc3nc(SCc4ccc(F)cc4)[nH]c(=O)c32)ccc1OCC(N)=O. The lowest BCUT2D eigenvalue weighted by Crippen LogP contribution is -2.31. The number of primary amides is 1. The number of nitrogens with two attached hydrogens (primary N) is 1. The zero-order valence-electron chi connectivity index (χ0n) is 18.1. The molecule has 2 amide bonds. The van der Waals surface area contributed by atoms with Crippen LogP contribution in [-0.2, 0) is 15.3 Å². The fraction of sp³-hybridized carbons (Fsp3) is 0.217. The molecule has 0 saturated heterocycles. The summed E-state index contributed by atoms with van der Waals surface area (Å²) in [6.07, 6.45) is 0.0461. The number of nitrogens with one attached hydrogen (secondary N) is 2. The highest BCUT2D eigenvalue weighted by Gasteiger charge is 2.31. The third kappa shape index (κ3) is 5.20. The smallest absolute Gasteiger partial charge is 0.257 e. The highest BCUT2D eigenvalue weighted by molar-refractivity contribution is 7.98. The minimum atomic E-state index is -0.630. The van der Waals surface area contributed by atoms with Crippen LogP contribution in [0.5, 0.6) is 11.5 Å². The van der Waals surface area contributed by atoms with Crippen LogP contribution in [0.15, 0.2) is 52.4 Å². The van der Waals surface area contributed by atoms with Crippen LogP contribution in [0.4, 0.5) is 10.2 Å². The first-order valence-electron chi connectivity index (χ1n) is 10.2. The summed E-state index contributed by atoms with van der Waals surface area (Å²) >= 11 is 1.27. The summed E-state index contributed by atoms with van der Waals surface area (Å²) in [6.45, 7) is -0.313. The number of rotatable bonds is 8. The number of carbonyl (C=O) groups excluding carboxylic acids is 2. The summed E-state index contributed by atoms with van der Waals surface area (Å²) in [6, 6.07) is 11.0. The number of benzene rings is 2. The Bertz CT molecular complexity index is 1300. The molecule has 4 N–H and O–H groups in total. The summed E-state index contributed by atoms with van der Waals surface area (Å²) in [5.41, 5.74) is 6.60. The van der Waals surface area contributed by atoms with E-state index in [1.165, 1.54) is 31.0 Å². The quantitative estimate of drug-likeness (QED) is 0.330. The first-order valence-corrected chi connectivity index (χ1v) is 11.2. The minimum Gasteiger partial charge on any atom is -0.493 e. The molecule has 1 atom stereocenters. The molecule has 2 aromatic carbocycles. The van der Waals surface area contributed by atoms with Gasteiger partial charge >= 0.3 is 0 Å². The van der Waals surface area contributed by atoms with E-state index in [9.17, 15) is 18.8 Å². The predicted octanol–water partition coefficient (Wildman–Crippen LogP) is 2.55. The topological polar surface area (TPSA) is 136 Å². The van der Waals surface area contributed by atoms with Gasteiger partial charge in [0.25, 0.3) is 11.5 Å². The fourth-order valence-corrected chi connectivity index (χ4v) is 4.42. The van der Waals surface area contributed by atoms with Crippen molar-refractivity contribution >= 4 is 29.4 Å². The molecule has 1 aromatic heterocycles. The van der Waals surface area contributed by atoms with E-state index in [-0.39, 0.29) is 36.1 Å².